The molecule has 14 heteroatoms. The molecule has 0 unspecified atom stereocenters. The maximum absolute atomic E-state index is 13.7. The average molecular weight is 720 g/mol. The van der Waals surface area contributed by atoms with E-state index < -0.39 is 42.3 Å². The first-order valence-electron chi connectivity index (χ1n) is 14.5. The van der Waals surface area contributed by atoms with Gasteiger partial charge in [0.25, 0.3) is 5.91 Å². The van der Waals surface area contributed by atoms with Gasteiger partial charge < -0.3 is 15.5 Å². The first kappa shape index (κ1) is 33.4. The maximum atomic E-state index is 13.7. The number of alkyl halides is 3. The fourth-order valence-electron chi connectivity index (χ4n) is 5.34. The van der Waals surface area contributed by atoms with Gasteiger partial charge in [-0.25, -0.2) is 14.6 Å². The van der Waals surface area contributed by atoms with Crippen molar-refractivity contribution in [2.24, 2.45) is 0 Å². The zero-order chi connectivity index (χ0) is 33.0. The van der Waals surface area contributed by atoms with Crippen LogP contribution in [0.1, 0.15) is 65.1 Å². The summed E-state index contributed by atoms with van der Waals surface area (Å²) in [5, 5.41) is 23.4. The number of carboxylic acids is 1. The number of urea groups is 1. The molecule has 1 atom stereocenters. The summed E-state index contributed by atoms with van der Waals surface area (Å²) in [4.78, 5) is 42.6. The Morgan fingerprint density at radius 3 is 2.33 bits per heavy atom. The van der Waals surface area contributed by atoms with E-state index in [-0.39, 0.29) is 27.2 Å². The molecule has 46 heavy (non-hydrogen) atoms. The van der Waals surface area contributed by atoms with E-state index in [1.165, 1.54) is 47.9 Å². The minimum Gasteiger partial charge on any atom is -0.479 e. The van der Waals surface area contributed by atoms with E-state index in [4.69, 9.17) is 5.11 Å². The number of hydrogen-bond acceptors (Lipinski definition) is 6. The van der Waals surface area contributed by atoms with E-state index >= 15 is 0 Å². The fourth-order valence-corrected chi connectivity index (χ4v) is 6.94. The van der Waals surface area contributed by atoms with Crippen molar-refractivity contribution < 1.29 is 37.8 Å². The van der Waals surface area contributed by atoms with Gasteiger partial charge in [-0.2, -0.15) is 13.2 Å². The van der Waals surface area contributed by atoms with E-state index in [9.17, 15) is 32.7 Å². The van der Waals surface area contributed by atoms with Gasteiger partial charge in [0.1, 0.15) is 0 Å². The zero-order valence-corrected chi connectivity index (χ0v) is 26.7. The molecular weight excluding hydrogens is 689 g/mol. The van der Waals surface area contributed by atoms with Crippen molar-refractivity contribution in [1.29, 1.82) is 0 Å². The predicted molar refractivity (Wildman–Crippen MR) is 172 cm³/mol. The summed E-state index contributed by atoms with van der Waals surface area (Å²) in [5.41, 5.74) is 1.92. The number of carbonyl (C=O) groups is 3. The highest BCUT2D eigenvalue weighted by molar-refractivity contribution is 9.10. The Bertz CT molecular complexity index is 1720. The van der Waals surface area contributed by atoms with Gasteiger partial charge in [-0.1, -0.05) is 70.8 Å². The van der Waals surface area contributed by atoms with E-state index in [0.717, 1.165) is 30.2 Å². The summed E-state index contributed by atoms with van der Waals surface area (Å²) in [6.07, 6.45) is -0.491. The lowest BCUT2D eigenvalue weighted by atomic mass is 9.84. The van der Waals surface area contributed by atoms with Crippen LogP contribution in [-0.4, -0.2) is 45.8 Å². The molecule has 0 radical (unpaired) electrons. The number of benzene rings is 3. The topological polar surface area (TPSA) is 132 Å². The number of aromatic nitrogens is 1. The molecule has 5 rings (SSSR count). The summed E-state index contributed by atoms with van der Waals surface area (Å²) in [5.74, 6) is -1.56. The summed E-state index contributed by atoms with van der Waals surface area (Å²) < 4.78 is 40.6. The average Bonchev–Trinajstić information content (AvgIpc) is 3.43. The molecule has 242 valence electrons. The fraction of sp³-hybridized carbons (Fsp3) is 0.312. The molecule has 9 nitrogen and oxygen atoms in total. The van der Waals surface area contributed by atoms with Gasteiger partial charge in [0.15, 0.2) is 11.2 Å². The van der Waals surface area contributed by atoms with Crippen LogP contribution in [0.5, 0.6) is 0 Å². The first-order valence-corrected chi connectivity index (χ1v) is 16.1. The number of amides is 3. The van der Waals surface area contributed by atoms with E-state index in [2.05, 4.69) is 31.5 Å². The lowest BCUT2D eigenvalue weighted by Gasteiger charge is -2.25. The van der Waals surface area contributed by atoms with E-state index in [0.29, 0.717) is 21.9 Å². The second-order valence-electron chi connectivity index (χ2n) is 11.0. The molecule has 4 N–H and O–H groups in total. The Morgan fingerprint density at radius 1 is 1.02 bits per heavy atom. The molecule has 0 bridgehead atoms. The number of nitrogens with zero attached hydrogens (tertiary/aromatic N) is 2. The number of carbonyl (C=O) groups excluding carboxylic acids is 2. The lowest BCUT2D eigenvalue weighted by Crippen LogP contribution is -2.36. The summed E-state index contributed by atoms with van der Waals surface area (Å²) in [6.45, 7) is -0.371. The van der Waals surface area contributed by atoms with Crippen molar-refractivity contribution in [3.8, 4) is 0 Å². The summed E-state index contributed by atoms with van der Waals surface area (Å²) in [7, 11) is 0. The normalized spacial score (nSPS) is 14.5. The highest BCUT2D eigenvalue weighted by atomic mass is 79.9. The largest absolute Gasteiger partial charge is 0.479 e. The molecule has 0 aliphatic heterocycles. The number of nitrogens with one attached hydrogen (secondary N) is 2. The number of fused-ring (bicyclic) bond motifs is 1. The van der Waals surface area contributed by atoms with E-state index in [1.807, 2.05) is 24.3 Å². The third-order valence-electron chi connectivity index (χ3n) is 7.82. The number of aliphatic hydroxyl groups excluding tert-OH is 1. The maximum Gasteiger partial charge on any atom is 0.417 e. The molecule has 0 saturated heterocycles. The number of anilines is 2. The van der Waals surface area contributed by atoms with Crippen molar-refractivity contribution in [3.05, 3.63) is 87.4 Å². The molecule has 3 aromatic carbocycles. The van der Waals surface area contributed by atoms with Gasteiger partial charge in [0, 0.05) is 15.7 Å². The number of carboxylic acid groups (broad SMARTS) is 1. The van der Waals surface area contributed by atoms with Crippen LogP contribution in [-0.2, 0) is 17.5 Å². The van der Waals surface area contributed by atoms with Gasteiger partial charge in [-0.3, -0.25) is 15.0 Å². The van der Waals surface area contributed by atoms with Crippen LogP contribution in [0.25, 0.3) is 10.2 Å². The van der Waals surface area contributed by atoms with Crippen LogP contribution in [0.4, 0.5) is 28.8 Å². The monoisotopic (exact) mass is 718 g/mol. The smallest absolute Gasteiger partial charge is 0.417 e. The molecule has 4 aromatic rings. The minimum absolute atomic E-state index is 0.0862. The SMILES string of the molecule is O=C(NC[C@@H](O)C(=O)O)c1ccc(CN(C(=O)Nc2nc3cc(C(F)(F)F)c(Br)cc3s2)c2ccc(C3CCCCC3)cc2)cc1. The van der Waals surface area contributed by atoms with Gasteiger partial charge in [0.2, 0.25) is 0 Å². The van der Waals surface area contributed by atoms with Crippen molar-refractivity contribution in [3.63, 3.8) is 0 Å². The Labute approximate surface area is 274 Å². The highest BCUT2D eigenvalue weighted by Gasteiger charge is 2.34. The molecule has 1 aliphatic carbocycles. The van der Waals surface area contributed by atoms with Crippen LogP contribution in [0, 0.1) is 0 Å². The standard InChI is InChI=1S/C32H30BrF3N4O5S/c33-24-15-27-25(14-23(24)32(34,35)36)38-30(46-27)39-31(45)40(22-12-10-20(11-13-22)19-4-2-1-3-5-19)17-18-6-8-21(9-7-18)28(42)37-16-26(41)29(43)44/h6-15,19,26,41H,1-5,16-17H2,(H,37,42)(H,43,44)(H,38,39,45)/t26-/m1/s1. The molecule has 1 saturated carbocycles. The second kappa shape index (κ2) is 14.2. The summed E-state index contributed by atoms with van der Waals surface area (Å²) in [6, 6.07) is 15.8. The number of aliphatic carboxylic acids is 1. The van der Waals surface area contributed by atoms with Crippen LogP contribution < -0.4 is 15.5 Å². The molecular formula is C32H30BrF3N4O5S. The van der Waals surface area contributed by atoms with Crippen LogP contribution in [0.15, 0.2) is 65.1 Å². The molecule has 1 aliphatic rings. The number of rotatable bonds is 9. The molecule has 0 spiro atoms. The lowest BCUT2D eigenvalue weighted by molar-refractivity contribution is -0.146. The second-order valence-corrected chi connectivity index (χ2v) is 12.9. The van der Waals surface area contributed by atoms with Gasteiger partial charge in [-0.15, -0.1) is 0 Å². The van der Waals surface area contributed by atoms with Crippen LogP contribution in [0.3, 0.4) is 0 Å². The number of halogens is 4. The number of aliphatic hydroxyl groups is 1. The third kappa shape index (κ3) is 8.03. The molecule has 1 heterocycles. The number of hydrogen-bond donors (Lipinski definition) is 4. The van der Waals surface area contributed by atoms with Crippen LogP contribution >= 0.6 is 27.3 Å². The van der Waals surface area contributed by atoms with Crippen LogP contribution in [0.2, 0.25) is 0 Å². The highest BCUT2D eigenvalue weighted by Crippen LogP contribution is 2.39. The molecule has 1 aromatic heterocycles. The Kier molecular flexibility index (Phi) is 10.3. The zero-order valence-electron chi connectivity index (χ0n) is 24.3. The van der Waals surface area contributed by atoms with Crippen molar-refractivity contribution >= 4 is 66.2 Å². The van der Waals surface area contributed by atoms with Gasteiger partial charge in [-0.05, 0) is 66.3 Å². The van der Waals surface area contributed by atoms with E-state index in [1.54, 1.807) is 12.1 Å². The Morgan fingerprint density at radius 2 is 1.70 bits per heavy atom. The third-order valence-corrected chi connectivity index (χ3v) is 9.41. The minimum atomic E-state index is -4.57. The number of thiazole rings is 1. The Balaban J connectivity index is 1.37. The Hall–Kier alpha value is -4.01. The quantitative estimate of drug-likeness (QED) is 0.141. The predicted octanol–water partition coefficient (Wildman–Crippen LogP) is 7.54. The van der Waals surface area contributed by atoms with Crippen molar-refractivity contribution in [2.45, 2.75) is 56.8 Å². The first-order chi connectivity index (χ1) is 21.9. The van der Waals surface area contributed by atoms with Crippen molar-refractivity contribution in [2.75, 3.05) is 16.8 Å². The molecule has 3 amide bonds. The van der Waals surface area contributed by atoms with Gasteiger partial charge in [0.05, 0.1) is 28.9 Å². The summed E-state index contributed by atoms with van der Waals surface area (Å²) >= 11 is 4.02. The van der Waals surface area contributed by atoms with Gasteiger partial charge >= 0.3 is 18.2 Å². The van der Waals surface area contributed by atoms with Crippen molar-refractivity contribution in [1.82, 2.24) is 10.3 Å². The molecule has 1 fully saturated rings.